The molecule has 0 amide bonds. The lowest BCUT2D eigenvalue weighted by molar-refractivity contribution is 0.260. The number of rotatable bonds is 4. The standard InChI is InChI=1S/C36H26N2OS/c1-40-33-20-19-30-35(34(33)23-9-3-2-4-10-23)39-36(37-30)24-15-17-27(18-16-24)38-31-14-8-7-13-28(31)29-21-25-11-5-6-12-26(25)22-32(29)38/h2-22,36-37H,1H3. The van der Waals surface area contributed by atoms with Gasteiger partial charge in [-0.2, -0.15) is 0 Å². The molecule has 40 heavy (non-hydrogen) atoms. The van der Waals surface area contributed by atoms with E-state index in [0.717, 1.165) is 28.3 Å². The van der Waals surface area contributed by atoms with Crippen LogP contribution in [0.1, 0.15) is 11.8 Å². The Hall–Kier alpha value is -4.67. The van der Waals surface area contributed by atoms with Gasteiger partial charge in [-0.25, -0.2) is 0 Å². The predicted octanol–water partition coefficient (Wildman–Crippen LogP) is 9.83. The van der Waals surface area contributed by atoms with Crippen molar-refractivity contribution < 1.29 is 4.74 Å². The quantitative estimate of drug-likeness (QED) is 0.228. The molecule has 0 spiro atoms. The minimum Gasteiger partial charge on any atom is -0.464 e. The van der Waals surface area contributed by atoms with Crippen molar-refractivity contribution in [3.63, 3.8) is 0 Å². The van der Waals surface area contributed by atoms with Gasteiger partial charge in [-0.15, -0.1) is 11.8 Å². The Morgan fingerprint density at radius 1 is 0.675 bits per heavy atom. The Balaban J connectivity index is 1.20. The van der Waals surface area contributed by atoms with Crippen molar-refractivity contribution in [2.45, 2.75) is 11.1 Å². The van der Waals surface area contributed by atoms with Crippen molar-refractivity contribution in [2.24, 2.45) is 0 Å². The van der Waals surface area contributed by atoms with Crippen LogP contribution in [0, 0.1) is 0 Å². The molecule has 0 radical (unpaired) electrons. The highest BCUT2D eigenvalue weighted by Gasteiger charge is 2.28. The van der Waals surface area contributed by atoms with E-state index in [1.54, 1.807) is 11.8 Å². The molecule has 4 heteroatoms. The molecular weight excluding hydrogens is 508 g/mol. The second-order valence-corrected chi connectivity index (χ2v) is 11.0. The number of nitrogens with one attached hydrogen (secondary N) is 1. The van der Waals surface area contributed by atoms with Crippen LogP contribution in [-0.4, -0.2) is 10.8 Å². The van der Waals surface area contributed by atoms with Crippen LogP contribution >= 0.6 is 11.8 Å². The maximum Gasteiger partial charge on any atom is 0.196 e. The molecule has 1 N–H and O–H groups in total. The molecule has 6 aromatic carbocycles. The first-order valence-electron chi connectivity index (χ1n) is 13.5. The van der Waals surface area contributed by atoms with Gasteiger partial charge in [-0.1, -0.05) is 84.9 Å². The highest BCUT2D eigenvalue weighted by molar-refractivity contribution is 7.98. The molecule has 192 valence electrons. The van der Waals surface area contributed by atoms with Crippen molar-refractivity contribution in [3.8, 4) is 22.6 Å². The summed E-state index contributed by atoms with van der Waals surface area (Å²) in [6.45, 7) is 0. The van der Waals surface area contributed by atoms with E-state index in [0.29, 0.717) is 0 Å². The molecule has 0 saturated carbocycles. The maximum atomic E-state index is 6.61. The zero-order valence-corrected chi connectivity index (χ0v) is 22.8. The van der Waals surface area contributed by atoms with E-state index in [4.69, 9.17) is 4.74 Å². The van der Waals surface area contributed by atoms with Crippen LogP contribution in [0.2, 0.25) is 0 Å². The molecule has 0 aliphatic carbocycles. The van der Waals surface area contributed by atoms with Crippen molar-refractivity contribution in [1.29, 1.82) is 0 Å². The topological polar surface area (TPSA) is 26.2 Å². The third kappa shape index (κ3) is 3.60. The summed E-state index contributed by atoms with van der Waals surface area (Å²) < 4.78 is 8.98. The highest BCUT2D eigenvalue weighted by Crippen LogP contribution is 2.48. The van der Waals surface area contributed by atoms with Gasteiger partial charge in [-0.3, -0.25) is 0 Å². The first-order chi connectivity index (χ1) is 19.8. The van der Waals surface area contributed by atoms with Gasteiger partial charge in [-0.05, 0) is 65.1 Å². The maximum absolute atomic E-state index is 6.61. The number of benzene rings is 6. The number of nitrogens with zero attached hydrogens (tertiary/aromatic N) is 1. The van der Waals surface area contributed by atoms with E-state index in [9.17, 15) is 0 Å². The first kappa shape index (κ1) is 23.2. The van der Waals surface area contributed by atoms with Gasteiger partial charge in [0.15, 0.2) is 12.0 Å². The third-order valence-electron chi connectivity index (χ3n) is 7.92. The fourth-order valence-electron chi connectivity index (χ4n) is 6.02. The first-order valence-corrected chi connectivity index (χ1v) is 14.7. The minimum absolute atomic E-state index is 0.245. The Morgan fingerprint density at radius 3 is 2.20 bits per heavy atom. The average Bonchev–Trinajstić information content (AvgIpc) is 3.59. The number of thioether (sulfide) groups is 1. The lowest BCUT2D eigenvalue weighted by atomic mass is 10.0. The normalized spacial score (nSPS) is 14.4. The number of hydrogen-bond donors (Lipinski definition) is 1. The second kappa shape index (κ2) is 9.22. The molecule has 8 rings (SSSR count). The summed E-state index contributed by atoms with van der Waals surface area (Å²) in [6, 6.07) is 45.5. The molecular formula is C36H26N2OS. The molecule has 1 atom stereocenters. The molecule has 0 saturated heterocycles. The molecule has 1 aromatic heterocycles. The van der Waals surface area contributed by atoms with E-state index in [1.807, 2.05) is 0 Å². The summed E-state index contributed by atoms with van der Waals surface area (Å²) >= 11 is 1.75. The lowest BCUT2D eigenvalue weighted by Crippen LogP contribution is -2.10. The fourth-order valence-corrected chi connectivity index (χ4v) is 6.64. The average molecular weight is 535 g/mol. The summed E-state index contributed by atoms with van der Waals surface area (Å²) in [5.74, 6) is 0.918. The van der Waals surface area contributed by atoms with Crippen LogP contribution in [0.4, 0.5) is 5.69 Å². The van der Waals surface area contributed by atoms with Gasteiger partial charge >= 0.3 is 0 Å². The van der Waals surface area contributed by atoms with Gasteiger partial charge in [0, 0.05) is 32.5 Å². The summed E-state index contributed by atoms with van der Waals surface area (Å²) in [6.07, 6.45) is 1.87. The SMILES string of the molecule is CSc1ccc2c(c1-c1ccccc1)OC(c1ccc(-n3c4ccccc4c4cc5ccccc5cc43)cc1)N2. The lowest BCUT2D eigenvalue weighted by Gasteiger charge is -2.15. The van der Waals surface area contributed by atoms with Gasteiger partial charge in [0.2, 0.25) is 0 Å². The van der Waals surface area contributed by atoms with Crippen LogP contribution in [0.25, 0.3) is 49.4 Å². The van der Waals surface area contributed by atoms with E-state index in [1.165, 1.54) is 43.0 Å². The molecule has 7 aromatic rings. The van der Waals surface area contributed by atoms with Crippen LogP contribution in [0.5, 0.6) is 5.75 Å². The van der Waals surface area contributed by atoms with Crippen LogP contribution in [0.3, 0.4) is 0 Å². The monoisotopic (exact) mass is 534 g/mol. The summed E-state index contributed by atoms with van der Waals surface area (Å²) in [5, 5.41) is 8.65. The molecule has 0 bridgehead atoms. The van der Waals surface area contributed by atoms with Crippen molar-refractivity contribution in [2.75, 3.05) is 11.6 Å². The number of para-hydroxylation sites is 1. The third-order valence-corrected chi connectivity index (χ3v) is 8.70. The molecule has 0 fully saturated rings. The highest BCUT2D eigenvalue weighted by atomic mass is 32.2. The van der Waals surface area contributed by atoms with Gasteiger partial charge < -0.3 is 14.6 Å². The molecule has 1 aliphatic rings. The van der Waals surface area contributed by atoms with Gasteiger partial charge in [0.05, 0.1) is 16.7 Å². The Labute approximate surface area is 237 Å². The Morgan fingerprint density at radius 2 is 1.40 bits per heavy atom. The molecule has 1 aliphatic heterocycles. The van der Waals surface area contributed by atoms with E-state index < -0.39 is 0 Å². The zero-order valence-electron chi connectivity index (χ0n) is 22.0. The minimum atomic E-state index is -0.245. The summed E-state index contributed by atoms with van der Waals surface area (Å²) in [5.41, 5.74) is 7.99. The number of ether oxygens (including phenoxy) is 1. The van der Waals surface area contributed by atoms with Crippen LogP contribution < -0.4 is 10.1 Å². The van der Waals surface area contributed by atoms with Crippen LogP contribution in [0.15, 0.2) is 132 Å². The fraction of sp³-hybridized carbons (Fsp3) is 0.0556. The van der Waals surface area contributed by atoms with Gasteiger partial charge in [0.25, 0.3) is 0 Å². The number of fused-ring (bicyclic) bond motifs is 5. The zero-order chi connectivity index (χ0) is 26.6. The van der Waals surface area contributed by atoms with E-state index in [2.05, 4.69) is 144 Å². The van der Waals surface area contributed by atoms with E-state index >= 15 is 0 Å². The number of aromatic nitrogens is 1. The smallest absolute Gasteiger partial charge is 0.196 e. The Bertz CT molecular complexity index is 2040. The largest absolute Gasteiger partial charge is 0.464 e. The molecule has 1 unspecified atom stereocenters. The molecule has 2 heterocycles. The predicted molar refractivity (Wildman–Crippen MR) is 169 cm³/mol. The van der Waals surface area contributed by atoms with Crippen molar-refractivity contribution >= 4 is 50.0 Å². The van der Waals surface area contributed by atoms with Crippen LogP contribution in [-0.2, 0) is 0 Å². The van der Waals surface area contributed by atoms with Crippen molar-refractivity contribution in [3.05, 3.63) is 133 Å². The number of hydrogen-bond acceptors (Lipinski definition) is 3. The summed E-state index contributed by atoms with van der Waals surface area (Å²) in [7, 11) is 0. The summed E-state index contributed by atoms with van der Waals surface area (Å²) in [4.78, 5) is 1.21. The van der Waals surface area contributed by atoms with Crippen molar-refractivity contribution in [1.82, 2.24) is 4.57 Å². The van der Waals surface area contributed by atoms with E-state index in [-0.39, 0.29) is 6.23 Å². The second-order valence-electron chi connectivity index (χ2n) is 10.2. The van der Waals surface area contributed by atoms with Gasteiger partial charge in [0.1, 0.15) is 0 Å². The molecule has 3 nitrogen and oxygen atoms in total. The number of anilines is 1. The Kier molecular flexibility index (Phi) is 5.35.